The molecule has 0 saturated carbocycles. The number of rotatable bonds is 0. The Labute approximate surface area is 149 Å². The van der Waals surface area contributed by atoms with E-state index in [-0.39, 0.29) is 11.6 Å². The van der Waals surface area contributed by atoms with E-state index in [9.17, 15) is 9.59 Å². The average molecular weight is 332 g/mol. The molecule has 0 fully saturated rings. The molecule has 2 heteroatoms. The Bertz CT molecular complexity index is 1360. The third-order valence-electron chi connectivity index (χ3n) is 5.55. The second kappa shape index (κ2) is 4.55. The second-order valence-electron chi connectivity index (χ2n) is 6.82. The number of carbonyl (C=O) groups is 2. The van der Waals surface area contributed by atoms with Gasteiger partial charge in [-0.15, -0.1) is 0 Å². The van der Waals surface area contributed by atoms with Crippen molar-refractivity contribution < 1.29 is 9.59 Å². The van der Waals surface area contributed by atoms with Crippen molar-refractivity contribution in [2.75, 3.05) is 0 Å². The maximum Gasteiger partial charge on any atom is 0.194 e. The topological polar surface area (TPSA) is 34.1 Å². The first kappa shape index (κ1) is 13.7. The second-order valence-corrected chi connectivity index (χ2v) is 6.82. The van der Waals surface area contributed by atoms with Crippen molar-refractivity contribution in [2.45, 2.75) is 0 Å². The van der Waals surface area contributed by atoms with Crippen LogP contribution in [0.4, 0.5) is 0 Å². The van der Waals surface area contributed by atoms with E-state index in [1.165, 1.54) is 0 Å². The van der Waals surface area contributed by atoms with Crippen molar-refractivity contribution in [3.05, 3.63) is 89.0 Å². The molecule has 26 heavy (non-hydrogen) atoms. The number of hydrogen-bond acceptors (Lipinski definition) is 2. The molecule has 4 aromatic carbocycles. The lowest BCUT2D eigenvalue weighted by atomic mass is 9.76. The van der Waals surface area contributed by atoms with Crippen LogP contribution in [0.5, 0.6) is 0 Å². The van der Waals surface area contributed by atoms with Crippen LogP contribution in [0.3, 0.4) is 0 Å². The van der Waals surface area contributed by atoms with Crippen LogP contribution >= 0.6 is 0 Å². The van der Waals surface area contributed by atoms with Gasteiger partial charge in [-0.3, -0.25) is 9.59 Å². The normalized spacial score (nSPS) is 14.2. The third kappa shape index (κ3) is 1.48. The fourth-order valence-corrected chi connectivity index (χ4v) is 4.49. The number of hydrogen-bond donors (Lipinski definition) is 0. The molecule has 0 aliphatic heterocycles. The van der Waals surface area contributed by atoms with Gasteiger partial charge in [-0.2, -0.15) is 0 Å². The quantitative estimate of drug-likeness (QED) is 0.355. The summed E-state index contributed by atoms with van der Waals surface area (Å²) in [6, 6.07) is 19.6. The van der Waals surface area contributed by atoms with E-state index in [1.54, 1.807) is 6.08 Å². The Morgan fingerprint density at radius 1 is 0.538 bits per heavy atom. The summed E-state index contributed by atoms with van der Waals surface area (Å²) in [5, 5.41) is 3.80. The van der Waals surface area contributed by atoms with Crippen LogP contribution < -0.4 is 0 Å². The highest BCUT2D eigenvalue weighted by Crippen LogP contribution is 2.47. The van der Waals surface area contributed by atoms with E-state index in [4.69, 9.17) is 0 Å². The first-order valence-electron chi connectivity index (χ1n) is 8.63. The smallest absolute Gasteiger partial charge is 0.194 e. The minimum atomic E-state index is 0.00343. The molecule has 0 saturated heterocycles. The molecular weight excluding hydrogens is 320 g/mol. The molecule has 120 valence electrons. The van der Waals surface area contributed by atoms with E-state index in [0.717, 1.165) is 43.8 Å². The minimum Gasteiger partial charge on any atom is -0.289 e. The third-order valence-corrected chi connectivity index (χ3v) is 5.55. The molecule has 0 heterocycles. The maximum atomic E-state index is 13.1. The predicted molar refractivity (Wildman–Crippen MR) is 104 cm³/mol. The maximum absolute atomic E-state index is 13.1. The summed E-state index contributed by atoms with van der Waals surface area (Å²) in [6.07, 6.45) is 3.49. The van der Waals surface area contributed by atoms with Crippen LogP contribution in [0.25, 0.3) is 38.7 Å². The number of allylic oxidation sites excluding steroid dienone is 1. The Morgan fingerprint density at radius 2 is 1.23 bits per heavy atom. The highest BCUT2D eigenvalue weighted by atomic mass is 16.1. The molecule has 0 amide bonds. The van der Waals surface area contributed by atoms with Gasteiger partial charge in [0, 0.05) is 27.5 Å². The average Bonchev–Trinajstić information content (AvgIpc) is 2.69. The molecule has 0 bridgehead atoms. The Morgan fingerprint density at radius 3 is 2.04 bits per heavy atom. The predicted octanol–water partition coefficient (Wildman–Crippen LogP) is 5.41. The van der Waals surface area contributed by atoms with Crippen molar-refractivity contribution >= 4 is 39.2 Å². The van der Waals surface area contributed by atoms with Crippen molar-refractivity contribution in [1.29, 1.82) is 0 Å². The van der Waals surface area contributed by atoms with Gasteiger partial charge >= 0.3 is 0 Å². The van der Waals surface area contributed by atoms with Gasteiger partial charge in [0.15, 0.2) is 11.6 Å². The summed E-state index contributed by atoms with van der Waals surface area (Å²) in [7, 11) is 0. The standard InChI is InChI=1S/C24H12O2/c25-19-12-10-13-9-11-18-23-20(13)22(19)15-6-2-1-5-14(15)21(23)16-7-3-4-8-17(16)24(18)26/h1-12H. The first-order valence-corrected chi connectivity index (χ1v) is 8.63. The van der Waals surface area contributed by atoms with Gasteiger partial charge in [-0.25, -0.2) is 0 Å². The van der Waals surface area contributed by atoms with Crippen molar-refractivity contribution in [1.82, 2.24) is 0 Å². The Balaban J connectivity index is 2.02. The molecule has 0 atom stereocenters. The van der Waals surface area contributed by atoms with Crippen LogP contribution in [0.15, 0.2) is 66.7 Å². The van der Waals surface area contributed by atoms with Crippen LogP contribution in [-0.4, -0.2) is 11.6 Å². The van der Waals surface area contributed by atoms with E-state index >= 15 is 0 Å². The van der Waals surface area contributed by atoms with Crippen LogP contribution in [-0.2, 0) is 0 Å². The van der Waals surface area contributed by atoms with Crippen LogP contribution in [0.1, 0.15) is 31.8 Å². The lowest BCUT2D eigenvalue weighted by molar-refractivity contribution is 0.103. The molecule has 2 aliphatic carbocycles. The van der Waals surface area contributed by atoms with Gasteiger partial charge in [0.25, 0.3) is 0 Å². The molecule has 4 aromatic rings. The summed E-state index contributed by atoms with van der Waals surface area (Å²) in [4.78, 5) is 25.9. The fourth-order valence-electron chi connectivity index (χ4n) is 4.49. The highest BCUT2D eigenvalue weighted by molar-refractivity contribution is 6.37. The van der Waals surface area contributed by atoms with Crippen LogP contribution in [0, 0.1) is 0 Å². The highest BCUT2D eigenvalue weighted by Gasteiger charge is 2.31. The molecule has 0 unspecified atom stereocenters. The van der Waals surface area contributed by atoms with Gasteiger partial charge in [0.1, 0.15) is 0 Å². The number of benzene rings is 4. The largest absolute Gasteiger partial charge is 0.289 e. The molecule has 0 spiro atoms. The summed E-state index contributed by atoms with van der Waals surface area (Å²) in [5.74, 6) is 0.0339. The summed E-state index contributed by atoms with van der Waals surface area (Å²) >= 11 is 0. The molecule has 0 N–H and O–H groups in total. The molecule has 0 aromatic heterocycles. The summed E-state index contributed by atoms with van der Waals surface area (Å²) in [6.45, 7) is 0. The zero-order valence-corrected chi connectivity index (χ0v) is 13.7. The molecule has 0 radical (unpaired) electrons. The summed E-state index contributed by atoms with van der Waals surface area (Å²) in [5.41, 5.74) is 5.14. The number of fused-ring (bicyclic) bond motifs is 5. The molecule has 6 rings (SSSR count). The van der Waals surface area contributed by atoms with E-state index in [0.29, 0.717) is 11.1 Å². The van der Waals surface area contributed by atoms with Crippen LogP contribution in [0.2, 0.25) is 0 Å². The Kier molecular flexibility index (Phi) is 2.41. The van der Waals surface area contributed by atoms with Gasteiger partial charge in [-0.1, -0.05) is 60.7 Å². The summed E-state index contributed by atoms with van der Waals surface area (Å²) < 4.78 is 0. The van der Waals surface area contributed by atoms with Gasteiger partial charge < -0.3 is 0 Å². The molecule has 2 nitrogen and oxygen atoms in total. The van der Waals surface area contributed by atoms with E-state index in [1.807, 2.05) is 60.7 Å². The lowest BCUT2D eigenvalue weighted by Crippen LogP contribution is -2.13. The zero-order chi connectivity index (χ0) is 17.4. The van der Waals surface area contributed by atoms with Crippen molar-refractivity contribution in [3.63, 3.8) is 0 Å². The number of ketones is 2. The minimum absolute atomic E-state index is 0.00343. The van der Waals surface area contributed by atoms with E-state index in [2.05, 4.69) is 6.07 Å². The molecule has 2 aliphatic rings. The lowest BCUT2D eigenvalue weighted by Gasteiger charge is -2.25. The van der Waals surface area contributed by atoms with Gasteiger partial charge in [-0.05, 0) is 39.6 Å². The van der Waals surface area contributed by atoms with E-state index < -0.39 is 0 Å². The van der Waals surface area contributed by atoms with Gasteiger partial charge in [0.2, 0.25) is 0 Å². The Hall–Kier alpha value is -3.52. The fraction of sp³-hybridized carbons (Fsp3) is 0. The van der Waals surface area contributed by atoms with Crippen molar-refractivity contribution in [2.24, 2.45) is 0 Å². The molecular formula is C24H12O2. The van der Waals surface area contributed by atoms with Gasteiger partial charge in [0.05, 0.1) is 0 Å². The van der Waals surface area contributed by atoms with Crippen molar-refractivity contribution in [3.8, 4) is 11.1 Å². The number of carbonyl (C=O) groups excluding carboxylic acids is 2. The SMILES string of the molecule is O=C1c2ccccc2-c2c3ccccc3c3c4c(ccc1c24)C=CC3=O. The monoisotopic (exact) mass is 332 g/mol. The zero-order valence-electron chi connectivity index (χ0n) is 13.7. The first-order chi connectivity index (χ1) is 12.8.